The Hall–Kier alpha value is -1.87. The van der Waals surface area contributed by atoms with Gasteiger partial charge in [0.1, 0.15) is 6.61 Å². The molecule has 0 aliphatic heterocycles. The van der Waals surface area contributed by atoms with E-state index in [9.17, 15) is 17.6 Å². The molecule has 0 spiro atoms. The first kappa shape index (κ1) is 13.6. The van der Waals surface area contributed by atoms with Crippen molar-refractivity contribution in [1.29, 1.82) is 0 Å². The molecule has 0 bridgehead atoms. The molecule has 2 rings (SSSR count). The summed E-state index contributed by atoms with van der Waals surface area (Å²) >= 11 is 1.07. The first-order chi connectivity index (χ1) is 9.02. The number of benzene rings is 1. The Morgan fingerprint density at radius 2 is 1.84 bits per heavy atom. The summed E-state index contributed by atoms with van der Waals surface area (Å²) in [5.41, 5.74) is 2.27. The average Bonchev–Trinajstić information content (AvgIpc) is 2.84. The molecule has 0 aliphatic rings. The molecule has 4 nitrogen and oxygen atoms in total. The second-order valence-electron chi connectivity index (χ2n) is 3.36. The summed E-state index contributed by atoms with van der Waals surface area (Å²) in [5.74, 6) is -2.22. The van der Waals surface area contributed by atoms with Crippen molar-refractivity contribution in [3.05, 3.63) is 40.4 Å². The van der Waals surface area contributed by atoms with Crippen LogP contribution in [0.4, 0.5) is 22.7 Å². The van der Waals surface area contributed by atoms with E-state index in [-0.39, 0.29) is 12.7 Å². The van der Waals surface area contributed by atoms with E-state index in [1.54, 1.807) is 0 Å². The van der Waals surface area contributed by atoms with Crippen LogP contribution in [0.1, 0.15) is 4.88 Å². The lowest BCUT2D eigenvalue weighted by Crippen LogP contribution is -2.05. The Bertz CT molecular complexity index is 578. The van der Waals surface area contributed by atoms with E-state index in [4.69, 9.17) is 10.6 Å². The lowest BCUT2D eigenvalue weighted by molar-refractivity contribution is 0.264. The number of rotatable bonds is 4. The van der Waals surface area contributed by atoms with Crippen molar-refractivity contribution in [2.75, 3.05) is 5.43 Å². The van der Waals surface area contributed by atoms with E-state index in [1.807, 2.05) is 0 Å². The fourth-order valence-corrected chi connectivity index (χ4v) is 1.90. The molecule has 0 saturated carbocycles. The van der Waals surface area contributed by atoms with Crippen LogP contribution in [-0.4, -0.2) is 4.98 Å². The fraction of sp³-hybridized carbons (Fsp3) is 0.100. The minimum Gasteiger partial charge on any atom is -0.482 e. The number of aromatic nitrogens is 1. The van der Waals surface area contributed by atoms with Gasteiger partial charge in [-0.1, -0.05) is 11.3 Å². The highest BCUT2D eigenvalue weighted by molar-refractivity contribution is 7.15. The lowest BCUT2D eigenvalue weighted by atomic mass is 10.3. The zero-order chi connectivity index (χ0) is 14.0. The predicted octanol–water partition coefficient (Wildman–Crippen LogP) is 2.56. The van der Waals surface area contributed by atoms with Gasteiger partial charge in [-0.15, -0.1) is 0 Å². The maximum absolute atomic E-state index is 13.3. The molecular formula is C10H7F4N3OS. The molecule has 0 amide bonds. The molecule has 9 heteroatoms. The smallest absolute Gasteiger partial charge is 0.203 e. The minimum absolute atomic E-state index is 0.112. The third-order valence-corrected chi connectivity index (χ3v) is 3.01. The van der Waals surface area contributed by atoms with Crippen LogP contribution in [0.2, 0.25) is 0 Å². The summed E-state index contributed by atoms with van der Waals surface area (Å²) < 4.78 is 57.1. The van der Waals surface area contributed by atoms with Crippen LogP contribution in [-0.2, 0) is 6.61 Å². The highest BCUT2D eigenvalue weighted by Crippen LogP contribution is 2.28. The van der Waals surface area contributed by atoms with E-state index in [0.29, 0.717) is 10.0 Å². The molecule has 0 radical (unpaired) electrons. The van der Waals surface area contributed by atoms with Gasteiger partial charge >= 0.3 is 0 Å². The molecule has 2 aromatic rings. The third kappa shape index (κ3) is 2.76. The van der Waals surface area contributed by atoms with E-state index in [0.717, 1.165) is 11.3 Å². The molecule has 3 N–H and O–H groups in total. The predicted molar refractivity (Wildman–Crippen MR) is 60.5 cm³/mol. The van der Waals surface area contributed by atoms with Crippen molar-refractivity contribution in [3.63, 3.8) is 0 Å². The summed E-state index contributed by atoms with van der Waals surface area (Å²) in [5, 5.41) is 0.366. The molecule has 1 aromatic carbocycles. The Morgan fingerprint density at radius 3 is 2.37 bits per heavy atom. The van der Waals surface area contributed by atoms with Crippen molar-refractivity contribution in [2.24, 2.45) is 5.84 Å². The number of anilines is 1. The van der Waals surface area contributed by atoms with Crippen molar-refractivity contribution in [3.8, 4) is 5.75 Å². The highest BCUT2D eigenvalue weighted by atomic mass is 32.1. The van der Waals surface area contributed by atoms with Crippen LogP contribution in [0, 0.1) is 23.3 Å². The van der Waals surface area contributed by atoms with Gasteiger partial charge in [0.05, 0.1) is 4.88 Å². The molecule has 1 heterocycles. The molecule has 19 heavy (non-hydrogen) atoms. The first-order valence-electron chi connectivity index (χ1n) is 4.90. The van der Waals surface area contributed by atoms with Gasteiger partial charge in [0.2, 0.25) is 11.6 Å². The topological polar surface area (TPSA) is 60.2 Å². The monoisotopic (exact) mass is 293 g/mol. The number of hydrogen-bond donors (Lipinski definition) is 2. The normalized spacial score (nSPS) is 10.6. The van der Waals surface area contributed by atoms with Gasteiger partial charge in [-0.25, -0.2) is 19.6 Å². The van der Waals surface area contributed by atoms with Crippen LogP contribution >= 0.6 is 11.3 Å². The van der Waals surface area contributed by atoms with Gasteiger partial charge in [-0.05, 0) is 0 Å². The van der Waals surface area contributed by atoms with Crippen LogP contribution in [0.15, 0.2) is 12.3 Å². The number of thiazole rings is 1. The highest BCUT2D eigenvalue weighted by Gasteiger charge is 2.20. The zero-order valence-electron chi connectivity index (χ0n) is 9.21. The summed E-state index contributed by atoms with van der Waals surface area (Å²) in [7, 11) is 0. The molecule has 0 fully saturated rings. The van der Waals surface area contributed by atoms with Crippen molar-refractivity contribution in [2.45, 2.75) is 6.61 Å². The van der Waals surface area contributed by atoms with Crippen LogP contribution in [0.5, 0.6) is 5.75 Å². The summed E-state index contributed by atoms with van der Waals surface area (Å²) in [6, 6.07) is 0.112. The van der Waals surface area contributed by atoms with Gasteiger partial charge in [0.25, 0.3) is 0 Å². The number of hydrogen-bond acceptors (Lipinski definition) is 5. The molecule has 0 saturated heterocycles. The second-order valence-corrected chi connectivity index (χ2v) is 4.48. The number of nitrogen functional groups attached to an aromatic ring is 1. The fourth-order valence-electron chi connectivity index (χ4n) is 1.26. The van der Waals surface area contributed by atoms with Crippen molar-refractivity contribution >= 4 is 16.5 Å². The quantitative estimate of drug-likeness (QED) is 0.394. The molecule has 1 aromatic heterocycles. The van der Waals surface area contributed by atoms with Crippen LogP contribution in [0.25, 0.3) is 0 Å². The number of halogens is 4. The number of nitrogens with one attached hydrogen (secondary N) is 1. The number of nitrogens with two attached hydrogens (primary N) is 1. The number of nitrogens with zero attached hydrogens (tertiary/aromatic N) is 1. The summed E-state index contributed by atoms with van der Waals surface area (Å²) in [6.07, 6.45) is 1.35. The average molecular weight is 293 g/mol. The minimum atomic E-state index is -1.58. The van der Waals surface area contributed by atoms with E-state index in [2.05, 4.69) is 10.4 Å². The van der Waals surface area contributed by atoms with Crippen molar-refractivity contribution < 1.29 is 22.3 Å². The van der Waals surface area contributed by atoms with Gasteiger partial charge in [-0.2, -0.15) is 8.78 Å². The maximum atomic E-state index is 13.3. The summed E-state index contributed by atoms with van der Waals surface area (Å²) in [4.78, 5) is 4.26. The number of ether oxygens (including phenoxy) is 1. The van der Waals surface area contributed by atoms with Gasteiger partial charge in [-0.3, -0.25) is 5.43 Å². The van der Waals surface area contributed by atoms with Gasteiger partial charge in [0.15, 0.2) is 22.5 Å². The second kappa shape index (κ2) is 5.41. The Kier molecular flexibility index (Phi) is 3.86. The Morgan fingerprint density at radius 1 is 1.21 bits per heavy atom. The van der Waals surface area contributed by atoms with Crippen LogP contribution < -0.4 is 16.0 Å². The maximum Gasteiger partial charge on any atom is 0.203 e. The van der Waals surface area contributed by atoms with Crippen molar-refractivity contribution in [1.82, 2.24) is 4.98 Å². The third-order valence-electron chi connectivity index (χ3n) is 2.11. The Labute approximate surface area is 108 Å². The van der Waals surface area contributed by atoms with E-state index >= 15 is 0 Å². The van der Waals surface area contributed by atoms with Crippen LogP contribution in [0.3, 0.4) is 0 Å². The molecule has 0 unspecified atom stereocenters. The molecule has 0 atom stereocenters. The Balaban J connectivity index is 2.19. The van der Waals surface area contributed by atoms with E-state index < -0.39 is 29.0 Å². The SMILES string of the molecule is NNc1ncc(COc2c(F)c(F)cc(F)c2F)s1. The van der Waals surface area contributed by atoms with Gasteiger partial charge < -0.3 is 4.74 Å². The largest absolute Gasteiger partial charge is 0.482 e. The van der Waals surface area contributed by atoms with E-state index in [1.165, 1.54) is 6.20 Å². The molecule has 102 valence electrons. The van der Waals surface area contributed by atoms with Gasteiger partial charge in [0, 0.05) is 12.3 Å². The number of hydrazine groups is 1. The molecular weight excluding hydrogens is 286 g/mol. The standard InChI is InChI=1S/C10H7F4N3OS/c11-5-1-6(12)8(14)9(7(5)13)18-3-4-2-16-10(17-15)19-4/h1-2H,3,15H2,(H,16,17). The molecule has 0 aliphatic carbocycles. The summed E-state index contributed by atoms with van der Waals surface area (Å²) in [6.45, 7) is -0.296. The zero-order valence-corrected chi connectivity index (χ0v) is 10.0. The first-order valence-corrected chi connectivity index (χ1v) is 5.71. The lowest BCUT2D eigenvalue weighted by Gasteiger charge is -2.08.